The molecule has 2 aromatic carbocycles. The molecule has 0 aromatic heterocycles. The van der Waals surface area contributed by atoms with Gasteiger partial charge in [-0.25, -0.2) is 0 Å². The minimum absolute atomic E-state index is 0.179. The number of aliphatic hydroxyl groups excluding tert-OH is 1. The summed E-state index contributed by atoms with van der Waals surface area (Å²) in [7, 11) is 0. The summed E-state index contributed by atoms with van der Waals surface area (Å²) in [6.45, 7) is 4.40. The molecule has 0 aliphatic carbocycles. The molecule has 0 saturated heterocycles. The predicted molar refractivity (Wildman–Crippen MR) is 85.4 cm³/mol. The van der Waals surface area contributed by atoms with Crippen molar-refractivity contribution in [1.29, 1.82) is 0 Å². The van der Waals surface area contributed by atoms with Gasteiger partial charge < -0.3 is 5.11 Å². The summed E-state index contributed by atoms with van der Waals surface area (Å²) >= 11 is 6.20. The summed E-state index contributed by atoms with van der Waals surface area (Å²) in [4.78, 5) is 0. The van der Waals surface area contributed by atoms with Gasteiger partial charge in [0.25, 0.3) is 0 Å². The third-order valence-electron chi connectivity index (χ3n) is 3.53. The summed E-state index contributed by atoms with van der Waals surface area (Å²) < 4.78 is 0. The van der Waals surface area contributed by atoms with Crippen LogP contribution in [0, 0.1) is 19.8 Å². The molecule has 106 valence electrons. The van der Waals surface area contributed by atoms with Crippen LogP contribution < -0.4 is 0 Å². The van der Waals surface area contributed by atoms with Gasteiger partial charge >= 0.3 is 0 Å². The van der Waals surface area contributed by atoms with E-state index in [2.05, 4.69) is 32.0 Å². The van der Waals surface area contributed by atoms with E-state index in [-0.39, 0.29) is 12.5 Å². The van der Waals surface area contributed by atoms with Gasteiger partial charge in [-0.2, -0.15) is 0 Å². The molecule has 0 amide bonds. The van der Waals surface area contributed by atoms with E-state index in [9.17, 15) is 5.11 Å². The number of hydrogen-bond acceptors (Lipinski definition) is 1. The van der Waals surface area contributed by atoms with E-state index in [0.29, 0.717) is 0 Å². The predicted octanol–water partition coefficient (Wildman–Crippen LogP) is 4.35. The van der Waals surface area contributed by atoms with Gasteiger partial charge in [-0.05, 0) is 49.8 Å². The molecule has 2 aromatic rings. The molecule has 1 unspecified atom stereocenters. The Morgan fingerprint density at radius 3 is 2.25 bits per heavy atom. The highest BCUT2D eigenvalue weighted by Crippen LogP contribution is 2.21. The lowest BCUT2D eigenvalue weighted by Crippen LogP contribution is -2.13. The Labute approximate surface area is 126 Å². The molecule has 1 atom stereocenters. The van der Waals surface area contributed by atoms with Gasteiger partial charge in [0.1, 0.15) is 0 Å². The minimum atomic E-state index is 0.179. The average Bonchev–Trinajstić information content (AvgIpc) is 2.39. The van der Waals surface area contributed by atoms with E-state index >= 15 is 0 Å². The Morgan fingerprint density at radius 2 is 1.65 bits per heavy atom. The Hall–Kier alpha value is -1.31. The van der Waals surface area contributed by atoms with Crippen molar-refractivity contribution in [2.75, 3.05) is 6.61 Å². The van der Waals surface area contributed by atoms with Crippen LogP contribution in [-0.2, 0) is 12.8 Å². The maximum Gasteiger partial charge on any atom is 0.0465 e. The van der Waals surface area contributed by atoms with Crippen molar-refractivity contribution >= 4 is 11.6 Å². The van der Waals surface area contributed by atoms with Crippen LogP contribution >= 0.6 is 11.6 Å². The molecule has 0 aliphatic rings. The molecule has 0 saturated carbocycles. The number of aryl methyl sites for hydroxylation is 2. The first-order valence-corrected chi connectivity index (χ1v) is 7.37. The summed E-state index contributed by atoms with van der Waals surface area (Å²) in [5, 5.41) is 10.4. The molecule has 0 radical (unpaired) electrons. The highest BCUT2D eigenvalue weighted by molar-refractivity contribution is 6.31. The molecule has 0 fully saturated rings. The Balaban J connectivity index is 2.11. The van der Waals surface area contributed by atoms with E-state index in [1.807, 2.05) is 24.3 Å². The third-order valence-corrected chi connectivity index (χ3v) is 3.90. The maximum absolute atomic E-state index is 9.64. The largest absolute Gasteiger partial charge is 0.396 e. The summed E-state index contributed by atoms with van der Waals surface area (Å²) in [6.07, 6.45) is 1.69. The van der Waals surface area contributed by atoms with Crippen LogP contribution in [0.3, 0.4) is 0 Å². The lowest BCUT2D eigenvalue weighted by atomic mass is 9.92. The van der Waals surface area contributed by atoms with Gasteiger partial charge in [0, 0.05) is 11.6 Å². The van der Waals surface area contributed by atoms with Crippen molar-refractivity contribution in [2.45, 2.75) is 26.7 Å². The van der Waals surface area contributed by atoms with E-state index in [1.54, 1.807) is 0 Å². The molecule has 0 spiro atoms. The smallest absolute Gasteiger partial charge is 0.0465 e. The lowest BCUT2D eigenvalue weighted by Gasteiger charge is -2.16. The summed E-state index contributed by atoms with van der Waals surface area (Å²) in [6, 6.07) is 14.4. The lowest BCUT2D eigenvalue weighted by molar-refractivity contribution is 0.225. The van der Waals surface area contributed by atoms with Gasteiger partial charge in [0.15, 0.2) is 0 Å². The highest BCUT2D eigenvalue weighted by Gasteiger charge is 2.12. The first kappa shape index (κ1) is 15.1. The van der Waals surface area contributed by atoms with Crippen molar-refractivity contribution < 1.29 is 5.11 Å². The second kappa shape index (κ2) is 6.92. The first-order valence-electron chi connectivity index (χ1n) is 7.00. The second-order valence-corrected chi connectivity index (χ2v) is 5.95. The minimum Gasteiger partial charge on any atom is -0.396 e. The first-order chi connectivity index (χ1) is 9.58. The molecule has 1 nitrogen and oxygen atoms in total. The fraction of sp³-hybridized carbons (Fsp3) is 0.333. The van der Waals surface area contributed by atoms with Gasteiger partial charge in [0.2, 0.25) is 0 Å². The quantitative estimate of drug-likeness (QED) is 0.867. The number of hydrogen-bond donors (Lipinski definition) is 1. The van der Waals surface area contributed by atoms with Crippen LogP contribution in [0.25, 0.3) is 0 Å². The molecule has 2 heteroatoms. The zero-order valence-electron chi connectivity index (χ0n) is 12.1. The zero-order valence-corrected chi connectivity index (χ0v) is 12.8. The van der Waals surface area contributed by atoms with Gasteiger partial charge in [-0.3, -0.25) is 0 Å². The molecule has 0 bridgehead atoms. The fourth-order valence-electron chi connectivity index (χ4n) is 2.70. The topological polar surface area (TPSA) is 20.2 Å². The van der Waals surface area contributed by atoms with E-state index in [1.165, 1.54) is 16.7 Å². The standard InChI is InChI=1S/C18H21ClO/c1-13-7-14(2)9-15(8-13)10-16(12-20)11-17-5-3-4-6-18(17)19/h3-9,16,20H,10-12H2,1-2H3. The molecule has 0 heterocycles. The highest BCUT2D eigenvalue weighted by atomic mass is 35.5. The van der Waals surface area contributed by atoms with Gasteiger partial charge in [0.05, 0.1) is 0 Å². The zero-order chi connectivity index (χ0) is 14.5. The van der Waals surface area contributed by atoms with Crippen molar-refractivity contribution in [2.24, 2.45) is 5.92 Å². The third kappa shape index (κ3) is 4.09. The maximum atomic E-state index is 9.64. The Bertz CT molecular complexity index is 557. The van der Waals surface area contributed by atoms with Crippen LogP contribution in [0.1, 0.15) is 22.3 Å². The van der Waals surface area contributed by atoms with Crippen LogP contribution in [0.15, 0.2) is 42.5 Å². The van der Waals surface area contributed by atoms with Crippen molar-refractivity contribution in [3.05, 3.63) is 69.7 Å². The number of benzene rings is 2. The molecule has 1 N–H and O–H groups in total. The molecular weight excluding hydrogens is 268 g/mol. The summed E-state index contributed by atoms with van der Waals surface area (Å²) in [5.74, 6) is 0.205. The Morgan fingerprint density at radius 1 is 1.00 bits per heavy atom. The van der Waals surface area contributed by atoms with Crippen molar-refractivity contribution in [3.8, 4) is 0 Å². The van der Waals surface area contributed by atoms with Crippen molar-refractivity contribution in [3.63, 3.8) is 0 Å². The van der Waals surface area contributed by atoms with E-state index in [0.717, 1.165) is 23.4 Å². The van der Waals surface area contributed by atoms with E-state index in [4.69, 9.17) is 11.6 Å². The molecule has 0 aliphatic heterocycles. The number of halogens is 1. The number of rotatable bonds is 5. The normalized spacial score (nSPS) is 12.4. The molecule has 2 rings (SSSR count). The molecular formula is C18H21ClO. The second-order valence-electron chi connectivity index (χ2n) is 5.54. The van der Waals surface area contributed by atoms with Crippen LogP contribution in [0.4, 0.5) is 0 Å². The Kier molecular flexibility index (Phi) is 5.22. The van der Waals surface area contributed by atoms with E-state index < -0.39 is 0 Å². The average molecular weight is 289 g/mol. The van der Waals surface area contributed by atoms with Gasteiger partial charge in [-0.15, -0.1) is 0 Å². The monoisotopic (exact) mass is 288 g/mol. The fourth-order valence-corrected chi connectivity index (χ4v) is 2.91. The summed E-state index contributed by atoms with van der Waals surface area (Å²) in [5.41, 5.74) is 4.94. The SMILES string of the molecule is Cc1cc(C)cc(CC(CO)Cc2ccccc2Cl)c1. The van der Waals surface area contributed by atoms with Gasteiger partial charge in [-0.1, -0.05) is 59.1 Å². The van der Waals surface area contributed by atoms with Crippen LogP contribution in [0.5, 0.6) is 0 Å². The molecule has 20 heavy (non-hydrogen) atoms. The van der Waals surface area contributed by atoms with Crippen LogP contribution in [0.2, 0.25) is 5.02 Å². The number of aliphatic hydroxyl groups is 1. The van der Waals surface area contributed by atoms with Crippen molar-refractivity contribution in [1.82, 2.24) is 0 Å². The van der Waals surface area contributed by atoms with Crippen LogP contribution in [-0.4, -0.2) is 11.7 Å².